The van der Waals surface area contributed by atoms with Crippen LogP contribution in [0.25, 0.3) is 0 Å². The molecular formula is C16H17FN2O. The molecule has 1 aromatic carbocycles. The predicted molar refractivity (Wildman–Crippen MR) is 75.5 cm³/mol. The number of pyridine rings is 1. The van der Waals surface area contributed by atoms with Gasteiger partial charge in [-0.1, -0.05) is 24.3 Å². The largest absolute Gasteiger partial charge is 0.347 e. The summed E-state index contributed by atoms with van der Waals surface area (Å²) in [5.41, 5.74) is 0.390. The van der Waals surface area contributed by atoms with Crippen LogP contribution < -0.4 is 5.32 Å². The van der Waals surface area contributed by atoms with Crippen LogP contribution in [0.4, 0.5) is 4.39 Å². The first-order valence-corrected chi connectivity index (χ1v) is 6.45. The molecule has 0 aliphatic heterocycles. The molecule has 0 radical (unpaired) electrons. The maximum atomic E-state index is 13.8. The minimum absolute atomic E-state index is 0.179. The third kappa shape index (κ3) is 3.41. The van der Waals surface area contributed by atoms with Crippen LogP contribution in [0.3, 0.4) is 0 Å². The molecule has 0 aliphatic rings. The van der Waals surface area contributed by atoms with Crippen molar-refractivity contribution in [3.05, 3.63) is 65.7 Å². The molecule has 2 rings (SSSR count). The number of hydrogen-bond acceptors (Lipinski definition) is 2. The third-order valence-corrected chi connectivity index (χ3v) is 3.07. The lowest BCUT2D eigenvalue weighted by Crippen LogP contribution is -2.42. The van der Waals surface area contributed by atoms with E-state index < -0.39 is 5.54 Å². The van der Waals surface area contributed by atoms with E-state index in [9.17, 15) is 9.18 Å². The molecule has 4 heteroatoms. The minimum Gasteiger partial charge on any atom is -0.347 e. The Balaban J connectivity index is 2.09. The van der Waals surface area contributed by atoms with Crippen molar-refractivity contribution in [3.8, 4) is 0 Å². The van der Waals surface area contributed by atoms with E-state index in [0.29, 0.717) is 11.3 Å². The normalized spacial score (nSPS) is 11.2. The number of nitrogens with one attached hydrogen (secondary N) is 1. The van der Waals surface area contributed by atoms with E-state index in [2.05, 4.69) is 10.3 Å². The van der Waals surface area contributed by atoms with Gasteiger partial charge in [0, 0.05) is 17.5 Å². The van der Waals surface area contributed by atoms with Crippen LogP contribution in [0.5, 0.6) is 0 Å². The van der Waals surface area contributed by atoms with Gasteiger partial charge in [0.15, 0.2) is 0 Å². The number of carbonyl (C=O) groups excluding carboxylic acids is 1. The summed E-state index contributed by atoms with van der Waals surface area (Å²) in [7, 11) is 0. The van der Waals surface area contributed by atoms with Gasteiger partial charge in [0.1, 0.15) is 5.82 Å². The van der Waals surface area contributed by atoms with Crippen LogP contribution in [-0.2, 0) is 16.8 Å². The van der Waals surface area contributed by atoms with Gasteiger partial charge < -0.3 is 5.32 Å². The zero-order valence-corrected chi connectivity index (χ0v) is 11.6. The first kappa shape index (κ1) is 14.2. The van der Waals surface area contributed by atoms with E-state index in [1.54, 1.807) is 50.4 Å². The highest BCUT2D eigenvalue weighted by Gasteiger charge is 2.25. The molecule has 0 fully saturated rings. The number of benzene rings is 1. The number of nitrogens with zero attached hydrogens (tertiary/aromatic N) is 1. The smallest absolute Gasteiger partial charge is 0.226 e. The summed E-state index contributed by atoms with van der Waals surface area (Å²) >= 11 is 0. The lowest BCUT2D eigenvalue weighted by atomic mass is 9.93. The molecule has 3 nitrogen and oxygen atoms in total. The van der Waals surface area contributed by atoms with Crippen molar-refractivity contribution in [1.29, 1.82) is 0 Å². The van der Waals surface area contributed by atoms with Crippen molar-refractivity contribution in [2.45, 2.75) is 25.8 Å². The van der Waals surface area contributed by atoms with E-state index in [1.165, 1.54) is 6.07 Å². The summed E-state index contributed by atoms with van der Waals surface area (Å²) in [6.45, 7) is 3.56. The standard InChI is InChI=1S/C16H17FN2O/c1-16(2,13-8-3-4-9-14(13)17)19-15(20)11-12-7-5-6-10-18-12/h3-10H,11H2,1-2H3,(H,19,20). The molecule has 1 amide bonds. The van der Waals surface area contributed by atoms with Crippen LogP contribution in [0.2, 0.25) is 0 Å². The molecule has 1 heterocycles. The number of carbonyl (C=O) groups is 1. The molecule has 0 spiro atoms. The van der Waals surface area contributed by atoms with Crippen molar-refractivity contribution >= 4 is 5.91 Å². The van der Waals surface area contributed by atoms with Crippen molar-refractivity contribution < 1.29 is 9.18 Å². The van der Waals surface area contributed by atoms with Crippen LogP contribution >= 0.6 is 0 Å². The Hall–Kier alpha value is -2.23. The first-order valence-electron chi connectivity index (χ1n) is 6.45. The summed E-state index contributed by atoms with van der Waals surface area (Å²) in [6.07, 6.45) is 1.82. The number of amides is 1. The Bertz CT molecular complexity index is 596. The molecule has 1 N–H and O–H groups in total. The molecule has 0 saturated heterocycles. The molecule has 2 aromatic rings. The Morgan fingerprint density at radius 3 is 2.55 bits per heavy atom. The van der Waals surface area contributed by atoms with Gasteiger partial charge in [-0.3, -0.25) is 9.78 Å². The number of halogens is 1. The quantitative estimate of drug-likeness (QED) is 0.930. The molecule has 104 valence electrons. The molecule has 0 unspecified atom stereocenters. The number of rotatable bonds is 4. The highest BCUT2D eigenvalue weighted by molar-refractivity contribution is 5.79. The third-order valence-electron chi connectivity index (χ3n) is 3.07. The predicted octanol–water partition coefficient (Wildman–Crippen LogP) is 2.81. The summed E-state index contributed by atoms with van der Waals surface area (Å²) in [5, 5.41) is 2.84. The molecule has 0 saturated carbocycles. The monoisotopic (exact) mass is 272 g/mol. The van der Waals surface area contributed by atoms with E-state index in [4.69, 9.17) is 0 Å². The van der Waals surface area contributed by atoms with Crippen molar-refractivity contribution in [2.24, 2.45) is 0 Å². The lowest BCUT2D eigenvalue weighted by Gasteiger charge is -2.27. The average molecular weight is 272 g/mol. The molecule has 0 atom stereocenters. The summed E-state index contributed by atoms with van der Waals surface area (Å²) < 4.78 is 13.8. The van der Waals surface area contributed by atoms with Gasteiger partial charge in [0.05, 0.1) is 12.0 Å². The Morgan fingerprint density at radius 2 is 1.90 bits per heavy atom. The zero-order chi connectivity index (χ0) is 14.6. The highest BCUT2D eigenvalue weighted by Crippen LogP contribution is 2.22. The van der Waals surface area contributed by atoms with Crippen LogP contribution in [0.15, 0.2) is 48.7 Å². The Morgan fingerprint density at radius 1 is 1.20 bits per heavy atom. The van der Waals surface area contributed by atoms with Gasteiger partial charge in [0.25, 0.3) is 0 Å². The summed E-state index contributed by atoms with van der Waals surface area (Å²) in [6, 6.07) is 11.9. The topological polar surface area (TPSA) is 42.0 Å². The fraction of sp³-hybridized carbons (Fsp3) is 0.250. The van der Waals surface area contributed by atoms with E-state index in [1.807, 2.05) is 6.07 Å². The Labute approximate surface area is 117 Å². The number of hydrogen-bond donors (Lipinski definition) is 1. The molecular weight excluding hydrogens is 255 g/mol. The Kier molecular flexibility index (Phi) is 4.13. The first-order chi connectivity index (χ1) is 9.49. The second-order valence-corrected chi connectivity index (χ2v) is 5.15. The fourth-order valence-electron chi connectivity index (χ4n) is 2.10. The highest BCUT2D eigenvalue weighted by atomic mass is 19.1. The average Bonchev–Trinajstić information content (AvgIpc) is 2.39. The van der Waals surface area contributed by atoms with Crippen LogP contribution in [0.1, 0.15) is 25.1 Å². The molecule has 20 heavy (non-hydrogen) atoms. The van der Waals surface area contributed by atoms with Gasteiger partial charge in [-0.25, -0.2) is 4.39 Å². The van der Waals surface area contributed by atoms with Crippen LogP contribution in [0, 0.1) is 5.82 Å². The van der Waals surface area contributed by atoms with Gasteiger partial charge >= 0.3 is 0 Å². The van der Waals surface area contributed by atoms with Crippen molar-refractivity contribution in [3.63, 3.8) is 0 Å². The zero-order valence-electron chi connectivity index (χ0n) is 11.6. The summed E-state index contributed by atoms with van der Waals surface area (Å²) in [5.74, 6) is -0.507. The lowest BCUT2D eigenvalue weighted by molar-refractivity contribution is -0.122. The molecule has 0 aliphatic carbocycles. The van der Waals surface area contributed by atoms with Crippen molar-refractivity contribution in [1.82, 2.24) is 10.3 Å². The van der Waals surface area contributed by atoms with Gasteiger partial charge in [0.2, 0.25) is 5.91 Å². The second kappa shape index (κ2) is 5.82. The maximum Gasteiger partial charge on any atom is 0.226 e. The van der Waals surface area contributed by atoms with Gasteiger partial charge in [-0.05, 0) is 32.0 Å². The second-order valence-electron chi connectivity index (χ2n) is 5.15. The maximum absolute atomic E-state index is 13.8. The van der Waals surface area contributed by atoms with Crippen molar-refractivity contribution in [2.75, 3.05) is 0 Å². The SMILES string of the molecule is CC(C)(NC(=O)Cc1ccccn1)c1ccccc1F. The summed E-state index contributed by atoms with van der Waals surface area (Å²) in [4.78, 5) is 16.1. The fourth-order valence-corrected chi connectivity index (χ4v) is 2.10. The van der Waals surface area contributed by atoms with E-state index >= 15 is 0 Å². The van der Waals surface area contributed by atoms with E-state index in [0.717, 1.165) is 0 Å². The van der Waals surface area contributed by atoms with Crippen LogP contribution in [-0.4, -0.2) is 10.9 Å². The van der Waals surface area contributed by atoms with Gasteiger partial charge in [-0.15, -0.1) is 0 Å². The van der Waals surface area contributed by atoms with E-state index in [-0.39, 0.29) is 18.1 Å². The number of aromatic nitrogens is 1. The molecule has 0 bridgehead atoms. The minimum atomic E-state index is -0.767. The van der Waals surface area contributed by atoms with Gasteiger partial charge in [-0.2, -0.15) is 0 Å². The molecule has 1 aromatic heterocycles.